The summed E-state index contributed by atoms with van der Waals surface area (Å²) in [5.74, 6) is 1.19. The van der Waals surface area contributed by atoms with Crippen LogP contribution in [0.25, 0.3) is 0 Å². The average molecular weight is 399 g/mol. The normalized spacial score (nSPS) is 10.7. The first kappa shape index (κ1) is 17.8. The lowest BCUT2D eigenvalue weighted by molar-refractivity contribution is -0.117. The second-order valence-electron chi connectivity index (χ2n) is 5.05. The molecule has 7 heteroatoms. The van der Waals surface area contributed by atoms with Crippen LogP contribution in [0.15, 0.2) is 34.1 Å². The standard InChI is InChI=1S/C16H19BrN2O3S/c1-19(8-15-4-11(17)10-23-15)9-16(20)18-12-5-13(21-2)7-14(6-12)22-3/h4-7,10H,8-9H2,1-3H3,(H,18,20). The number of carbonyl (C=O) groups excluding carboxylic acids is 1. The van der Waals surface area contributed by atoms with Gasteiger partial charge < -0.3 is 14.8 Å². The zero-order chi connectivity index (χ0) is 16.8. The van der Waals surface area contributed by atoms with E-state index in [0.29, 0.717) is 23.7 Å². The number of methoxy groups -OCH3 is 2. The number of nitrogens with zero attached hydrogens (tertiary/aromatic N) is 1. The topological polar surface area (TPSA) is 50.8 Å². The van der Waals surface area contributed by atoms with E-state index in [1.807, 2.05) is 17.3 Å². The summed E-state index contributed by atoms with van der Waals surface area (Å²) >= 11 is 5.10. The highest BCUT2D eigenvalue weighted by Gasteiger charge is 2.10. The van der Waals surface area contributed by atoms with Crippen LogP contribution in [0.2, 0.25) is 0 Å². The molecule has 124 valence electrons. The molecule has 1 aromatic carbocycles. The van der Waals surface area contributed by atoms with E-state index >= 15 is 0 Å². The van der Waals surface area contributed by atoms with E-state index in [4.69, 9.17) is 9.47 Å². The van der Waals surface area contributed by atoms with E-state index in [9.17, 15) is 4.79 Å². The highest BCUT2D eigenvalue weighted by Crippen LogP contribution is 2.26. The molecule has 0 saturated heterocycles. The van der Waals surface area contributed by atoms with Crippen molar-refractivity contribution in [2.24, 2.45) is 0 Å². The molecule has 1 heterocycles. The van der Waals surface area contributed by atoms with Gasteiger partial charge >= 0.3 is 0 Å². The van der Waals surface area contributed by atoms with Crippen molar-refractivity contribution >= 4 is 38.9 Å². The van der Waals surface area contributed by atoms with E-state index in [1.54, 1.807) is 43.8 Å². The number of hydrogen-bond donors (Lipinski definition) is 1. The lowest BCUT2D eigenvalue weighted by atomic mass is 10.2. The Labute approximate surface area is 148 Å². The number of ether oxygens (including phenoxy) is 2. The van der Waals surface area contributed by atoms with Gasteiger partial charge in [-0.1, -0.05) is 0 Å². The largest absolute Gasteiger partial charge is 0.497 e. The van der Waals surface area contributed by atoms with E-state index in [2.05, 4.69) is 27.3 Å². The summed E-state index contributed by atoms with van der Waals surface area (Å²) < 4.78 is 11.5. The highest BCUT2D eigenvalue weighted by molar-refractivity contribution is 9.10. The third kappa shape index (κ3) is 5.53. The number of carbonyl (C=O) groups is 1. The predicted molar refractivity (Wildman–Crippen MR) is 96.5 cm³/mol. The van der Waals surface area contributed by atoms with Gasteiger partial charge in [-0.25, -0.2) is 0 Å². The summed E-state index contributed by atoms with van der Waals surface area (Å²) in [7, 11) is 5.07. The van der Waals surface area contributed by atoms with Crippen LogP contribution >= 0.6 is 27.3 Å². The molecule has 0 bridgehead atoms. The minimum Gasteiger partial charge on any atom is -0.497 e. The quantitative estimate of drug-likeness (QED) is 0.773. The number of rotatable bonds is 7. The molecule has 0 radical (unpaired) electrons. The van der Waals surface area contributed by atoms with E-state index in [-0.39, 0.29) is 5.91 Å². The van der Waals surface area contributed by atoms with Crippen molar-refractivity contribution < 1.29 is 14.3 Å². The first-order chi connectivity index (χ1) is 11.0. The fourth-order valence-electron chi connectivity index (χ4n) is 2.08. The van der Waals surface area contributed by atoms with E-state index < -0.39 is 0 Å². The molecule has 0 saturated carbocycles. The number of thiophene rings is 1. The SMILES string of the molecule is COc1cc(NC(=O)CN(C)Cc2cc(Br)cs2)cc(OC)c1. The van der Waals surface area contributed by atoms with Crippen LogP contribution in [0.3, 0.4) is 0 Å². The van der Waals surface area contributed by atoms with Gasteiger partial charge in [-0.15, -0.1) is 11.3 Å². The maximum absolute atomic E-state index is 12.2. The average Bonchev–Trinajstić information content (AvgIpc) is 2.91. The zero-order valence-corrected chi connectivity index (χ0v) is 15.7. The number of amides is 1. The van der Waals surface area contributed by atoms with Crippen LogP contribution in [0.5, 0.6) is 11.5 Å². The number of hydrogen-bond acceptors (Lipinski definition) is 5. The van der Waals surface area contributed by atoms with Crippen molar-refractivity contribution in [1.29, 1.82) is 0 Å². The van der Waals surface area contributed by atoms with Crippen molar-refractivity contribution in [3.63, 3.8) is 0 Å². The van der Waals surface area contributed by atoms with Crippen LogP contribution in [0, 0.1) is 0 Å². The van der Waals surface area contributed by atoms with Gasteiger partial charge in [0, 0.05) is 45.2 Å². The summed E-state index contributed by atoms with van der Waals surface area (Å²) in [5, 5.41) is 4.90. The van der Waals surface area contributed by atoms with Crippen LogP contribution in [0.4, 0.5) is 5.69 Å². The lowest BCUT2D eigenvalue weighted by Gasteiger charge is -2.16. The fraction of sp³-hybridized carbons (Fsp3) is 0.312. The maximum Gasteiger partial charge on any atom is 0.238 e. The minimum atomic E-state index is -0.0848. The minimum absolute atomic E-state index is 0.0848. The van der Waals surface area contributed by atoms with Crippen LogP contribution in [-0.2, 0) is 11.3 Å². The molecule has 0 unspecified atom stereocenters. The van der Waals surface area contributed by atoms with Gasteiger partial charge in [-0.3, -0.25) is 9.69 Å². The molecular formula is C16H19BrN2O3S. The fourth-order valence-corrected chi connectivity index (χ4v) is 3.61. The molecular weight excluding hydrogens is 380 g/mol. The van der Waals surface area contributed by atoms with Crippen LogP contribution in [-0.4, -0.2) is 38.6 Å². The summed E-state index contributed by atoms with van der Waals surface area (Å²) in [4.78, 5) is 15.3. The van der Waals surface area contributed by atoms with Gasteiger partial charge in [0.25, 0.3) is 0 Å². The Morgan fingerprint density at radius 3 is 2.39 bits per heavy atom. The third-order valence-electron chi connectivity index (χ3n) is 3.10. The van der Waals surface area contributed by atoms with Gasteiger partial charge in [0.15, 0.2) is 0 Å². The molecule has 0 atom stereocenters. The van der Waals surface area contributed by atoms with Gasteiger partial charge in [-0.2, -0.15) is 0 Å². The molecule has 5 nitrogen and oxygen atoms in total. The van der Waals surface area contributed by atoms with Crippen molar-refractivity contribution in [3.8, 4) is 11.5 Å². The first-order valence-corrected chi connectivity index (χ1v) is 8.62. The third-order valence-corrected chi connectivity index (χ3v) is 4.78. The Kier molecular flexibility index (Phi) is 6.44. The molecule has 2 rings (SSSR count). The van der Waals surface area contributed by atoms with E-state index in [0.717, 1.165) is 11.0 Å². The van der Waals surface area contributed by atoms with Crippen LogP contribution in [0.1, 0.15) is 4.88 Å². The van der Waals surface area contributed by atoms with Crippen molar-refractivity contribution in [1.82, 2.24) is 4.90 Å². The maximum atomic E-state index is 12.2. The van der Waals surface area contributed by atoms with Gasteiger partial charge in [0.1, 0.15) is 11.5 Å². The van der Waals surface area contributed by atoms with Gasteiger partial charge in [0.05, 0.1) is 20.8 Å². The number of nitrogens with one attached hydrogen (secondary N) is 1. The molecule has 0 fully saturated rings. The number of halogens is 1. The molecule has 1 aromatic heterocycles. The molecule has 0 aliphatic heterocycles. The summed E-state index contributed by atoms with van der Waals surface area (Å²) in [6, 6.07) is 7.34. The summed E-state index contributed by atoms with van der Waals surface area (Å²) in [5.41, 5.74) is 0.651. The molecule has 2 aromatic rings. The molecule has 0 aliphatic carbocycles. The van der Waals surface area contributed by atoms with Crippen LogP contribution < -0.4 is 14.8 Å². The first-order valence-electron chi connectivity index (χ1n) is 6.94. The Balaban J connectivity index is 1.93. The Morgan fingerprint density at radius 2 is 1.87 bits per heavy atom. The highest BCUT2D eigenvalue weighted by atomic mass is 79.9. The van der Waals surface area contributed by atoms with Crippen molar-refractivity contribution in [2.45, 2.75) is 6.54 Å². The molecule has 1 N–H and O–H groups in total. The molecule has 1 amide bonds. The van der Waals surface area contributed by atoms with Crippen molar-refractivity contribution in [3.05, 3.63) is 39.0 Å². The van der Waals surface area contributed by atoms with Gasteiger partial charge in [-0.05, 0) is 29.0 Å². The second kappa shape index (κ2) is 8.33. The second-order valence-corrected chi connectivity index (χ2v) is 6.96. The van der Waals surface area contributed by atoms with Gasteiger partial charge in [0.2, 0.25) is 5.91 Å². The van der Waals surface area contributed by atoms with E-state index in [1.165, 1.54) is 4.88 Å². The number of benzene rings is 1. The summed E-state index contributed by atoms with van der Waals surface area (Å²) in [6.45, 7) is 1.03. The predicted octanol–water partition coefficient (Wildman–Crippen LogP) is 3.60. The molecule has 0 spiro atoms. The molecule has 23 heavy (non-hydrogen) atoms. The monoisotopic (exact) mass is 398 g/mol. The lowest BCUT2D eigenvalue weighted by Crippen LogP contribution is -2.29. The smallest absolute Gasteiger partial charge is 0.238 e. The Hall–Kier alpha value is -1.57. The molecule has 0 aliphatic rings. The van der Waals surface area contributed by atoms with Crippen molar-refractivity contribution in [2.75, 3.05) is 33.1 Å². The number of anilines is 1. The zero-order valence-electron chi connectivity index (χ0n) is 13.3. The Bertz CT molecular complexity index is 653. The number of likely N-dealkylation sites (N-methyl/N-ethyl adjacent to an activating group) is 1. The summed E-state index contributed by atoms with van der Waals surface area (Å²) in [6.07, 6.45) is 0. The Morgan fingerprint density at radius 1 is 1.22 bits per heavy atom.